The van der Waals surface area contributed by atoms with Crippen LogP contribution in [0.15, 0.2) is 40.4 Å². The lowest BCUT2D eigenvalue weighted by atomic mass is 10.4. The zero-order valence-electron chi connectivity index (χ0n) is 8.95. The molecule has 0 saturated carbocycles. The van der Waals surface area contributed by atoms with Crippen LogP contribution in [0, 0.1) is 6.92 Å². The van der Waals surface area contributed by atoms with Crippen molar-refractivity contribution in [2.45, 2.75) is 16.8 Å². The molecule has 0 N–H and O–H groups in total. The highest BCUT2D eigenvalue weighted by Crippen LogP contribution is 2.28. The maximum absolute atomic E-state index is 12.2. The molecule has 0 atom stereocenters. The van der Waals surface area contributed by atoms with E-state index in [9.17, 15) is 13.2 Å². The highest BCUT2D eigenvalue weighted by molar-refractivity contribution is 7.91. The molecule has 0 aliphatic rings. The van der Waals surface area contributed by atoms with Gasteiger partial charge < -0.3 is 0 Å². The molecule has 0 unspecified atom stereocenters. The van der Waals surface area contributed by atoms with Crippen LogP contribution in [0.3, 0.4) is 0 Å². The number of carbonyl (C=O) groups is 1. The summed E-state index contributed by atoms with van der Waals surface area (Å²) in [6.45, 7) is 1.76. The Morgan fingerprint density at radius 2 is 2.12 bits per heavy atom. The van der Waals surface area contributed by atoms with Gasteiger partial charge in [-0.2, -0.15) is 0 Å². The third-order valence-electron chi connectivity index (χ3n) is 2.16. The predicted molar refractivity (Wildman–Crippen MR) is 64.1 cm³/mol. The van der Waals surface area contributed by atoms with Gasteiger partial charge >= 0.3 is 0 Å². The fraction of sp³-hybridized carbons (Fsp3) is 0.0909. The van der Waals surface area contributed by atoms with E-state index in [2.05, 4.69) is 4.98 Å². The Labute approximate surface area is 103 Å². The Balaban J connectivity index is 2.64. The van der Waals surface area contributed by atoms with E-state index in [1.807, 2.05) is 0 Å². The third-order valence-corrected chi connectivity index (χ3v) is 4.97. The monoisotopic (exact) mass is 267 g/mol. The zero-order valence-corrected chi connectivity index (χ0v) is 10.6. The Kier molecular flexibility index (Phi) is 3.08. The largest absolute Gasteiger partial charge is 0.297 e. The molecule has 17 heavy (non-hydrogen) atoms. The topological polar surface area (TPSA) is 64.1 Å². The zero-order chi connectivity index (χ0) is 12.5. The molecule has 0 aliphatic heterocycles. The Morgan fingerprint density at radius 3 is 2.71 bits per heavy atom. The fourth-order valence-corrected chi connectivity index (χ4v) is 4.01. The van der Waals surface area contributed by atoms with Gasteiger partial charge in [0.1, 0.15) is 0 Å². The van der Waals surface area contributed by atoms with E-state index in [4.69, 9.17) is 0 Å². The molecule has 0 amide bonds. The van der Waals surface area contributed by atoms with Crippen molar-refractivity contribution in [2.75, 3.05) is 0 Å². The summed E-state index contributed by atoms with van der Waals surface area (Å²) < 4.78 is 24.4. The number of rotatable bonds is 3. The second-order valence-electron chi connectivity index (χ2n) is 3.37. The van der Waals surface area contributed by atoms with Crippen molar-refractivity contribution in [1.29, 1.82) is 0 Å². The predicted octanol–water partition coefficient (Wildman–Crippen LogP) is 2.10. The first-order chi connectivity index (χ1) is 8.05. The van der Waals surface area contributed by atoms with E-state index in [1.54, 1.807) is 19.1 Å². The molecule has 0 aliphatic carbocycles. The second kappa shape index (κ2) is 4.38. The molecule has 4 nitrogen and oxygen atoms in total. The number of hydrogen-bond acceptors (Lipinski definition) is 5. The van der Waals surface area contributed by atoms with E-state index < -0.39 is 9.84 Å². The number of hydrogen-bond donors (Lipinski definition) is 0. The van der Waals surface area contributed by atoms with Crippen molar-refractivity contribution < 1.29 is 13.2 Å². The summed E-state index contributed by atoms with van der Waals surface area (Å²) in [5.74, 6) is 0. The molecule has 6 heteroatoms. The van der Waals surface area contributed by atoms with Gasteiger partial charge in [0.15, 0.2) is 11.3 Å². The SMILES string of the molecule is Cc1cc(S(=O)(=O)c2ccccn2)c(C=O)s1. The number of carbonyl (C=O) groups excluding carboxylic acids is 1. The standard InChI is InChI=1S/C11H9NO3S2/c1-8-6-10(9(7-13)16-8)17(14,15)11-4-2-3-5-12-11/h2-7H,1H3. The van der Waals surface area contributed by atoms with Crippen LogP contribution in [0.5, 0.6) is 0 Å². The highest BCUT2D eigenvalue weighted by Gasteiger charge is 2.24. The summed E-state index contributed by atoms with van der Waals surface area (Å²) in [4.78, 5) is 15.7. The third kappa shape index (κ3) is 2.13. The molecular weight excluding hydrogens is 258 g/mol. The molecule has 88 valence electrons. The van der Waals surface area contributed by atoms with Gasteiger partial charge in [-0.05, 0) is 25.1 Å². The van der Waals surface area contributed by atoms with Crippen LogP contribution in [0.1, 0.15) is 14.5 Å². The van der Waals surface area contributed by atoms with Gasteiger partial charge in [0, 0.05) is 11.1 Å². The number of pyridine rings is 1. The van der Waals surface area contributed by atoms with Crippen molar-refractivity contribution >= 4 is 27.5 Å². The molecule has 0 aromatic carbocycles. The Hall–Kier alpha value is -1.53. The molecule has 2 aromatic heterocycles. The second-order valence-corrected chi connectivity index (χ2v) is 6.53. The average molecular weight is 267 g/mol. The summed E-state index contributed by atoms with van der Waals surface area (Å²) in [6, 6.07) is 6.15. The van der Waals surface area contributed by atoms with Gasteiger partial charge in [-0.25, -0.2) is 13.4 Å². The molecule has 0 bridgehead atoms. The smallest absolute Gasteiger partial charge is 0.225 e. The van der Waals surface area contributed by atoms with Gasteiger partial charge in [0.05, 0.1) is 9.77 Å². The van der Waals surface area contributed by atoms with Crippen molar-refractivity contribution in [1.82, 2.24) is 4.98 Å². The highest BCUT2D eigenvalue weighted by atomic mass is 32.2. The van der Waals surface area contributed by atoms with E-state index in [1.165, 1.54) is 18.3 Å². The molecule has 0 spiro atoms. The van der Waals surface area contributed by atoms with E-state index in [0.717, 1.165) is 16.2 Å². The fourth-order valence-electron chi connectivity index (χ4n) is 1.42. The van der Waals surface area contributed by atoms with Crippen LogP contribution < -0.4 is 0 Å². The molecular formula is C11H9NO3S2. The van der Waals surface area contributed by atoms with Gasteiger partial charge in [-0.1, -0.05) is 6.07 Å². The van der Waals surface area contributed by atoms with Crippen LogP contribution in [0.4, 0.5) is 0 Å². The van der Waals surface area contributed by atoms with Crippen molar-refractivity contribution in [3.05, 3.63) is 40.2 Å². The van der Waals surface area contributed by atoms with E-state index in [-0.39, 0.29) is 14.8 Å². The van der Waals surface area contributed by atoms with Crippen LogP contribution >= 0.6 is 11.3 Å². The van der Waals surface area contributed by atoms with Gasteiger partial charge in [-0.3, -0.25) is 4.79 Å². The lowest BCUT2D eigenvalue weighted by molar-refractivity contribution is 0.112. The summed E-state index contributed by atoms with van der Waals surface area (Å²) in [7, 11) is -3.69. The Bertz CT molecular complexity index is 645. The molecule has 2 heterocycles. The number of aryl methyl sites for hydroxylation is 1. The minimum Gasteiger partial charge on any atom is -0.297 e. The average Bonchev–Trinajstić information content (AvgIpc) is 2.72. The summed E-state index contributed by atoms with van der Waals surface area (Å²) >= 11 is 1.16. The number of aldehydes is 1. The molecule has 0 radical (unpaired) electrons. The van der Waals surface area contributed by atoms with Crippen LogP contribution in [-0.2, 0) is 9.84 Å². The van der Waals surface area contributed by atoms with Crippen molar-refractivity contribution in [2.24, 2.45) is 0 Å². The van der Waals surface area contributed by atoms with Crippen LogP contribution in [0.2, 0.25) is 0 Å². The molecule has 2 aromatic rings. The first kappa shape index (κ1) is 11.9. The minimum absolute atomic E-state index is 0.0358. The van der Waals surface area contributed by atoms with Crippen molar-refractivity contribution in [3.63, 3.8) is 0 Å². The molecule has 0 saturated heterocycles. The molecule has 0 fully saturated rings. The summed E-state index contributed by atoms with van der Waals surface area (Å²) in [6.07, 6.45) is 1.97. The normalized spacial score (nSPS) is 11.4. The first-order valence-electron chi connectivity index (χ1n) is 4.77. The number of sulfone groups is 1. The van der Waals surface area contributed by atoms with Gasteiger partial charge in [0.2, 0.25) is 9.84 Å². The van der Waals surface area contributed by atoms with Gasteiger partial charge in [0.25, 0.3) is 0 Å². The summed E-state index contributed by atoms with van der Waals surface area (Å²) in [5, 5.41) is -0.0408. The lowest BCUT2D eigenvalue weighted by Crippen LogP contribution is -2.04. The first-order valence-corrected chi connectivity index (χ1v) is 7.07. The number of nitrogens with zero attached hydrogens (tertiary/aromatic N) is 1. The maximum Gasteiger partial charge on any atom is 0.225 e. The van der Waals surface area contributed by atoms with Crippen molar-refractivity contribution in [3.8, 4) is 0 Å². The number of aromatic nitrogens is 1. The maximum atomic E-state index is 12.2. The lowest BCUT2D eigenvalue weighted by Gasteiger charge is -2.01. The molecule has 2 rings (SSSR count). The van der Waals surface area contributed by atoms with Crippen LogP contribution in [-0.4, -0.2) is 19.7 Å². The Morgan fingerprint density at radius 1 is 1.35 bits per heavy atom. The minimum atomic E-state index is -3.69. The van der Waals surface area contributed by atoms with E-state index >= 15 is 0 Å². The summed E-state index contributed by atoms with van der Waals surface area (Å²) in [5.41, 5.74) is 0. The van der Waals surface area contributed by atoms with Crippen LogP contribution in [0.25, 0.3) is 0 Å². The quantitative estimate of drug-likeness (QED) is 0.799. The number of thiophene rings is 1. The van der Waals surface area contributed by atoms with E-state index in [0.29, 0.717) is 6.29 Å². The van der Waals surface area contributed by atoms with Gasteiger partial charge in [-0.15, -0.1) is 11.3 Å².